The number of hydrogen-bond acceptors (Lipinski definition) is 4. The first-order chi connectivity index (χ1) is 8.75. The highest BCUT2D eigenvalue weighted by Crippen LogP contribution is 2.13. The lowest BCUT2D eigenvalue weighted by molar-refractivity contribution is 0.774. The van der Waals surface area contributed by atoms with Gasteiger partial charge in [0.25, 0.3) is 0 Å². The molecule has 2 heterocycles. The van der Waals surface area contributed by atoms with Crippen LogP contribution in [0.1, 0.15) is 11.4 Å². The van der Waals surface area contributed by atoms with Crippen LogP contribution < -0.4 is 0 Å². The Morgan fingerprint density at radius 1 is 0.722 bits per heavy atom. The van der Waals surface area contributed by atoms with Crippen LogP contribution >= 0.6 is 0 Å². The molecule has 0 unspecified atom stereocenters. The van der Waals surface area contributed by atoms with Crippen molar-refractivity contribution in [1.82, 2.24) is 30.0 Å². The fraction of sp³-hybridized carbons (Fsp3) is 0.167. The third-order valence-corrected chi connectivity index (χ3v) is 2.78. The van der Waals surface area contributed by atoms with Crippen molar-refractivity contribution < 1.29 is 0 Å². The molecule has 2 aromatic heterocycles. The van der Waals surface area contributed by atoms with Crippen molar-refractivity contribution in [3.05, 3.63) is 48.0 Å². The summed E-state index contributed by atoms with van der Waals surface area (Å²) in [6.45, 7) is 3.94. The molecule has 90 valence electrons. The van der Waals surface area contributed by atoms with Crippen molar-refractivity contribution in [2.75, 3.05) is 0 Å². The van der Waals surface area contributed by atoms with Crippen molar-refractivity contribution in [2.24, 2.45) is 0 Å². The molecule has 6 nitrogen and oxygen atoms in total. The molecule has 0 N–H and O–H groups in total. The molecule has 0 fully saturated rings. The number of rotatable bonds is 2. The first-order valence-electron chi connectivity index (χ1n) is 5.61. The van der Waals surface area contributed by atoms with Gasteiger partial charge in [-0.3, -0.25) is 0 Å². The SMILES string of the molecule is Cc1cnnn1-c1ccc(-n2nncc2C)cc1. The molecular formula is C12H12N6. The molecule has 18 heavy (non-hydrogen) atoms. The average molecular weight is 240 g/mol. The van der Waals surface area contributed by atoms with Gasteiger partial charge in [0, 0.05) is 0 Å². The van der Waals surface area contributed by atoms with Crippen LogP contribution in [0.25, 0.3) is 11.4 Å². The normalized spacial score (nSPS) is 10.8. The molecule has 6 heteroatoms. The molecule has 3 rings (SSSR count). The van der Waals surface area contributed by atoms with Crippen LogP contribution in [0, 0.1) is 13.8 Å². The zero-order valence-electron chi connectivity index (χ0n) is 10.1. The Bertz CT molecular complexity index is 605. The predicted octanol–water partition coefficient (Wildman–Crippen LogP) is 1.46. The molecule has 0 aliphatic heterocycles. The molecule has 3 aromatic rings. The van der Waals surface area contributed by atoms with Gasteiger partial charge in [-0.05, 0) is 38.1 Å². The van der Waals surface area contributed by atoms with Crippen molar-refractivity contribution in [2.45, 2.75) is 13.8 Å². The molecule has 0 aliphatic carbocycles. The monoisotopic (exact) mass is 240 g/mol. The minimum atomic E-state index is 0.978. The maximum absolute atomic E-state index is 4.03. The van der Waals surface area contributed by atoms with E-state index in [2.05, 4.69) is 20.6 Å². The average Bonchev–Trinajstić information content (AvgIpc) is 2.98. The van der Waals surface area contributed by atoms with E-state index in [1.54, 1.807) is 21.8 Å². The first-order valence-corrected chi connectivity index (χ1v) is 5.61. The second-order valence-electron chi connectivity index (χ2n) is 4.09. The van der Waals surface area contributed by atoms with E-state index in [1.807, 2.05) is 38.1 Å². The highest BCUT2D eigenvalue weighted by Gasteiger charge is 2.04. The number of hydrogen-bond donors (Lipinski definition) is 0. The van der Waals surface area contributed by atoms with Gasteiger partial charge in [0.2, 0.25) is 0 Å². The lowest BCUT2D eigenvalue weighted by Gasteiger charge is -2.06. The van der Waals surface area contributed by atoms with Crippen LogP contribution in [0.3, 0.4) is 0 Å². The second-order valence-corrected chi connectivity index (χ2v) is 4.09. The van der Waals surface area contributed by atoms with Gasteiger partial charge in [-0.2, -0.15) is 0 Å². The molecule has 0 aliphatic rings. The van der Waals surface area contributed by atoms with Gasteiger partial charge in [0.1, 0.15) is 0 Å². The maximum atomic E-state index is 4.03. The fourth-order valence-electron chi connectivity index (χ4n) is 1.82. The topological polar surface area (TPSA) is 61.4 Å². The van der Waals surface area contributed by atoms with Crippen molar-refractivity contribution in [3.63, 3.8) is 0 Å². The number of aromatic nitrogens is 6. The summed E-state index contributed by atoms with van der Waals surface area (Å²) in [6.07, 6.45) is 3.46. The van der Waals surface area contributed by atoms with Gasteiger partial charge in [0.05, 0.1) is 35.2 Å². The summed E-state index contributed by atoms with van der Waals surface area (Å²) in [5.41, 5.74) is 3.96. The van der Waals surface area contributed by atoms with Crippen molar-refractivity contribution in [3.8, 4) is 11.4 Å². The van der Waals surface area contributed by atoms with Crippen LogP contribution in [0.15, 0.2) is 36.7 Å². The highest BCUT2D eigenvalue weighted by molar-refractivity contribution is 5.41. The number of nitrogens with zero attached hydrogens (tertiary/aromatic N) is 6. The zero-order valence-corrected chi connectivity index (χ0v) is 10.1. The van der Waals surface area contributed by atoms with E-state index in [-0.39, 0.29) is 0 Å². The van der Waals surface area contributed by atoms with Crippen molar-refractivity contribution >= 4 is 0 Å². The molecule has 0 saturated carbocycles. The molecule has 0 bridgehead atoms. The Kier molecular flexibility index (Phi) is 2.40. The Morgan fingerprint density at radius 3 is 1.39 bits per heavy atom. The Hall–Kier alpha value is -2.50. The third-order valence-electron chi connectivity index (χ3n) is 2.78. The first kappa shape index (κ1) is 10.6. The summed E-state index contributed by atoms with van der Waals surface area (Å²) in [5, 5.41) is 15.8. The van der Waals surface area contributed by atoms with Crippen LogP contribution in [-0.4, -0.2) is 30.0 Å². The number of aryl methyl sites for hydroxylation is 2. The van der Waals surface area contributed by atoms with E-state index in [4.69, 9.17) is 0 Å². The van der Waals surface area contributed by atoms with E-state index >= 15 is 0 Å². The minimum absolute atomic E-state index is 0.978. The van der Waals surface area contributed by atoms with E-state index in [1.165, 1.54) is 0 Å². The molecule has 0 saturated heterocycles. The third kappa shape index (κ3) is 1.67. The van der Waals surface area contributed by atoms with Crippen LogP contribution in [-0.2, 0) is 0 Å². The summed E-state index contributed by atoms with van der Waals surface area (Å²) in [7, 11) is 0. The van der Waals surface area contributed by atoms with Crippen molar-refractivity contribution in [1.29, 1.82) is 0 Å². The van der Waals surface area contributed by atoms with E-state index in [9.17, 15) is 0 Å². The zero-order chi connectivity index (χ0) is 12.5. The maximum Gasteiger partial charge on any atom is 0.0726 e. The van der Waals surface area contributed by atoms with Gasteiger partial charge >= 0.3 is 0 Å². The van der Waals surface area contributed by atoms with E-state index in [0.29, 0.717) is 0 Å². The van der Waals surface area contributed by atoms with Gasteiger partial charge in [0.15, 0.2) is 0 Å². The Balaban J connectivity index is 2.00. The second kappa shape index (κ2) is 4.06. The standard InChI is InChI=1S/C12H12N6/c1-9-7-13-15-17(9)11-3-5-12(6-4-11)18-10(2)8-14-16-18/h3-8H,1-2H3. The summed E-state index contributed by atoms with van der Waals surface area (Å²) >= 11 is 0. The summed E-state index contributed by atoms with van der Waals surface area (Å²) in [6, 6.07) is 7.94. The van der Waals surface area contributed by atoms with Gasteiger partial charge < -0.3 is 0 Å². The summed E-state index contributed by atoms with van der Waals surface area (Å²) in [4.78, 5) is 0. The van der Waals surface area contributed by atoms with Gasteiger partial charge in [-0.15, -0.1) is 10.2 Å². The lowest BCUT2D eigenvalue weighted by atomic mass is 10.2. The van der Waals surface area contributed by atoms with E-state index < -0.39 is 0 Å². The quantitative estimate of drug-likeness (QED) is 0.680. The predicted molar refractivity (Wildman–Crippen MR) is 65.8 cm³/mol. The van der Waals surface area contributed by atoms with Crippen LogP contribution in [0.4, 0.5) is 0 Å². The molecule has 0 amide bonds. The summed E-state index contributed by atoms with van der Waals surface area (Å²) in [5.74, 6) is 0. The Morgan fingerprint density at radius 2 is 1.11 bits per heavy atom. The largest absolute Gasteiger partial charge is 0.218 e. The van der Waals surface area contributed by atoms with Crippen LogP contribution in [0.5, 0.6) is 0 Å². The molecular weight excluding hydrogens is 228 g/mol. The minimum Gasteiger partial charge on any atom is -0.218 e. The highest BCUT2D eigenvalue weighted by atomic mass is 15.4. The van der Waals surface area contributed by atoms with Gasteiger partial charge in [-0.25, -0.2) is 9.36 Å². The molecule has 0 radical (unpaired) electrons. The smallest absolute Gasteiger partial charge is 0.0726 e. The fourth-order valence-corrected chi connectivity index (χ4v) is 1.82. The molecule has 1 aromatic carbocycles. The van der Waals surface area contributed by atoms with Gasteiger partial charge in [-0.1, -0.05) is 10.4 Å². The summed E-state index contributed by atoms with van der Waals surface area (Å²) < 4.78 is 3.58. The van der Waals surface area contributed by atoms with Crippen LogP contribution in [0.2, 0.25) is 0 Å². The Labute approximate surface area is 104 Å². The number of benzene rings is 1. The van der Waals surface area contributed by atoms with E-state index in [0.717, 1.165) is 22.8 Å². The molecule has 0 spiro atoms. The molecule has 0 atom stereocenters. The lowest BCUT2D eigenvalue weighted by Crippen LogP contribution is -2.02.